The highest BCUT2D eigenvalue weighted by Gasteiger charge is 2.16. The van der Waals surface area contributed by atoms with Crippen molar-refractivity contribution in [3.05, 3.63) is 12.0 Å². The summed E-state index contributed by atoms with van der Waals surface area (Å²) < 4.78 is 13.0. The smallest absolute Gasteiger partial charge is 0.163 e. The van der Waals surface area contributed by atoms with Gasteiger partial charge in [-0.05, 0) is 19.8 Å². The second kappa shape index (κ2) is 6.36. The summed E-state index contributed by atoms with van der Waals surface area (Å²) in [6.45, 7) is 4.67. The molecule has 1 saturated heterocycles. The highest BCUT2D eigenvalue weighted by Crippen LogP contribution is 2.20. The van der Waals surface area contributed by atoms with Gasteiger partial charge in [0.05, 0.1) is 24.3 Å². The van der Waals surface area contributed by atoms with Crippen molar-refractivity contribution in [1.82, 2.24) is 19.7 Å². The number of nitrogens with zero attached hydrogens (tertiary/aromatic N) is 4. The van der Waals surface area contributed by atoms with E-state index in [0.717, 1.165) is 42.8 Å². The minimum absolute atomic E-state index is 0.221. The zero-order chi connectivity index (χ0) is 14.7. The molecule has 7 heteroatoms. The third-order valence-electron chi connectivity index (χ3n) is 3.54. The average molecular weight is 291 g/mol. The van der Waals surface area contributed by atoms with Gasteiger partial charge in [0.2, 0.25) is 0 Å². The molecule has 0 aromatic carbocycles. The van der Waals surface area contributed by atoms with Crippen molar-refractivity contribution in [3.8, 4) is 0 Å². The zero-order valence-electron chi connectivity index (χ0n) is 12.5. The molecule has 3 rings (SSSR count). The number of ether oxygens (including phenoxy) is 2. The van der Waals surface area contributed by atoms with Crippen LogP contribution in [-0.2, 0) is 23.1 Å². The Kier molecular flexibility index (Phi) is 4.31. The van der Waals surface area contributed by atoms with Crippen LogP contribution in [-0.4, -0.2) is 45.6 Å². The fourth-order valence-electron chi connectivity index (χ4n) is 2.49. The number of hydrogen-bond acceptors (Lipinski definition) is 6. The van der Waals surface area contributed by atoms with E-state index < -0.39 is 0 Å². The van der Waals surface area contributed by atoms with Gasteiger partial charge in [-0.3, -0.25) is 4.68 Å². The lowest BCUT2D eigenvalue weighted by Gasteiger charge is -2.11. The summed E-state index contributed by atoms with van der Waals surface area (Å²) in [7, 11) is 1.88. The Morgan fingerprint density at radius 3 is 3.14 bits per heavy atom. The SMILES string of the molecule is CCNc1nc(COCC2CCCO2)nc2c1cnn2C. The van der Waals surface area contributed by atoms with Crippen LogP contribution >= 0.6 is 0 Å². The van der Waals surface area contributed by atoms with Crippen molar-refractivity contribution in [2.24, 2.45) is 7.05 Å². The average Bonchev–Trinajstić information content (AvgIpc) is 3.10. The standard InChI is InChI=1S/C14H21N5O2/c1-3-15-13-11-7-16-19(2)14(11)18-12(17-13)9-20-8-10-5-4-6-21-10/h7,10H,3-6,8-9H2,1-2H3,(H,15,17,18). The molecule has 7 nitrogen and oxygen atoms in total. The molecule has 114 valence electrons. The number of aryl methyl sites for hydroxylation is 1. The van der Waals surface area contributed by atoms with Gasteiger partial charge in [-0.2, -0.15) is 5.10 Å². The van der Waals surface area contributed by atoms with Crippen molar-refractivity contribution in [2.45, 2.75) is 32.5 Å². The summed E-state index contributed by atoms with van der Waals surface area (Å²) in [6, 6.07) is 0. The van der Waals surface area contributed by atoms with E-state index in [0.29, 0.717) is 19.0 Å². The minimum Gasteiger partial charge on any atom is -0.376 e. The van der Waals surface area contributed by atoms with Crippen LogP contribution in [0.5, 0.6) is 0 Å². The summed E-state index contributed by atoms with van der Waals surface area (Å²) in [4.78, 5) is 9.05. The lowest BCUT2D eigenvalue weighted by molar-refractivity contribution is 0.00872. The van der Waals surface area contributed by atoms with Gasteiger partial charge in [0.25, 0.3) is 0 Å². The lowest BCUT2D eigenvalue weighted by atomic mass is 10.2. The Labute approximate surface area is 123 Å². The summed E-state index contributed by atoms with van der Waals surface area (Å²) in [5, 5.41) is 8.42. The number of hydrogen-bond donors (Lipinski definition) is 1. The van der Waals surface area contributed by atoms with Crippen LogP contribution < -0.4 is 5.32 Å². The maximum atomic E-state index is 5.69. The molecule has 1 aliphatic heterocycles. The van der Waals surface area contributed by atoms with Crippen LogP contribution in [0.3, 0.4) is 0 Å². The maximum Gasteiger partial charge on any atom is 0.163 e. The molecule has 21 heavy (non-hydrogen) atoms. The molecule has 0 bridgehead atoms. The molecule has 3 heterocycles. The van der Waals surface area contributed by atoms with Crippen molar-refractivity contribution >= 4 is 16.9 Å². The fraction of sp³-hybridized carbons (Fsp3) is 0.643. The predicted molar refractivity (Wildman–Crippen MR) is 79.1 cm³/mol. The second-order valence-corrected chi connectivity index (χ2v) is 5.17. The third-order valence-corrected chi connectivity index (χ3v) is 3.54. The first-order valence-corrected chi connectivity index (χ1v) is 7.39. The lowest BCUT2D eigenvalue weighted by Crippen LogP contribution is -2.15. The monoisotopic (exact) mass is 291 g/mol. The van der Waals surface area contributed by atoms with Gasteiger partial charge in [0.1, 0.15) is 12.4 Å². The normalized spacial score (nSPS) is 18.5. The van der Waals surface area contributed by atoms with Gasteiger partial charge in [-0.15, -0.1) is 0 Å². The number of rotatable bonds is 6. The van der Waals surface area contributed by atoms with E-state index in [1.54, 1.807) is 10.9 Å². The molecule has 1 atom stereocenters. The largest absolute Gasteiger partial charge is 0.376 e. The van der Waals surface area contributed by atoms with E-state index in [4.69, 9.17) is 9.47 Å². The van der Waals surface area contributed by atoms with E-state index >= 15 is 0 Å². The van der Waals surface area contributed by atoms with Crippen molar-refractivity contribution in [3.63, 3.8) is 0 Å². The molecule has 1 fully saturated rings. The molecular formula is C14H21N5O2. The van der Waals surface area contributed by atoms with Crippen LogP contribution in [0.4, 0.5) is 5.82 Å². The fourth-order valence-corrected chi connectivity index (χ4v) is 2.49. The molecule has 0 saturated carbocycles. The van der Waals surface area contributed by atoms with E-state index in [-0.39, 0.29) is 6.10 Å². The van der Waals surface area contributed by atoms with Crippen molar-refractivity contribution < 1.29 is 9.47 Å². The predicted octanol–water partition coefficient (Wildman–Crippen LogP) is 1.49. The van der Waals surface area contributed by atoms with Crippen molar-refractivity contribution in [1.29, 1.82) is 0 Å². The quantitative estimate of drug-likeness (QED) is 0.869. The molecule has 0 radical (unpaired) electrons. The Morgan fingerprint density at radius 1 is 1.48 bits per heavy atom. The highest BCUT2D eigenvalue weighted by atomic mass is 16.5. The first kappa shape index (κ1) is 14.2. The summed E-state index contributed by atoms with van der Waals surface area (Å²) in [5.74, 6) is 1.48. The van der Waals surface area contributed by atoms with Crippen LogP contribution in [0.25, 0.3) is 11.0 Å². The van der Waals surface area contributed by atoms with Gasteiger partial charge in [-0.25, -0.2) is 9.97 Å². The molecule has 0 amide bonds. The molecule has 0 spiro atoms. The topological polar surface area (TPSA) is 74.1 Å². The summed E-state index contributed by atoms with van der Waals surface area (Å²) in [5.41, 5.74) is 0.816. The van der Waals surface area contributed by atoms with Gasteiger partial charge in [0.15, 0.2) is 11.5 Å². The van der Waals surface area contributed by atoms with Crippen LogP contribution in [0, 0.1) is 0 Å². The molecule has 1 unspecified atom stereocenters. The van der Waals surface area contributed by atoms with Gasteiger partial charge in [-0.1, -0.05) is 0 Å². The molecule has 2 aromatic rings. The van der Waals surface area contributed by atoms with Crippen LogP contribution in [0.2, 0.25) is 0 Å². The molecule has 1 N–H and O–H groups in total. The Balaban J connectivity index is 1.73. The molecular weight excluding hydrogens is 270 g/mol. The number of nitrogens with one attached hydrogen (secondary N) is 1. The zero-order valence-corrected chi connectivity index (χ0v) is 12.5. The Morgan fingerprint density at radius 2 is 2.38 bits per heavy atom. The Bertz CT molecular complexity index is 607. The minimum atomic E-state index is 0.221. The number of fused-ring (bicyclic) bond motifs is 1. The van der Waals surface area contributed by atoms with Crippen LogP contribution in [0.15, 0.2) is 6.20 Å². The summed E-state index contributed by atoms with van der Waals surface area (Å²) >= 11 is 0. The molecule has 2 aromatic heterocycles. The van der Waals surface area contributed by atoms with E-state index in [9.17, 15) is 0 Å². The Hall–Kier alpha value is -1.73. The molecule has 1 aliphatic rings. The molecule has 0 aliphatic carbocycles. The van der Waals surface area contributed by atoms with Gasteiger partial charge < -0.3 is 14.8 Å². The first-order chi connectivity index (χ1) is 10.3. The highest BCUT2D eigenvalue weighted by molar-refractivity contribution is 5.86. The van der Waals surface area contributed by atoms with Gasteiger partial charge >= 0.3 is 0 Å². The van der Waals surface area contributed by atoms with E-state index in [1.165, 1.54) is 0 Å². The van der Waals surface area contributed by atoms with Crippen LogP contribution in [0.1, 0.15) is 25.6 Å². The number of anilines is 1. The maximum absolute atomic E-state index is 5.69. The second-order valence-electron chi connectivity index (χ2n) is 5.17. The summed E-state index contributed by atoms with van der Waals surface area (Å²) in [6.07, 6.45) is 4.20. The third kappa shape index (κ3) is 3.14. The van der Waals surface area contributed by atoms with Gasteiger partial charge in [0, 0.05) is 20.2 Å². The van der Waals surface area contributed by atoms with E-state index in [1.807, 2.05) is 14.0 Å². The van der Waals surface area contributed by atoms with E-state index in [2.05, 4.69) is 20.4 Å². The number of aromatic nitrogens is 4. The van der Waals surface area contributed by atoms with Crippen molar-refractivity contribution in [2.75, 3.05) is 25.1 Å². The first-order valence-electron chi connectivity index (χ1n) is 7.39.